The molecule has 0 aliphatic carbocycles. The van der Waals surface area contributed by atoms with Crippen molar-refractivity contribution in [2.45, 2.75) is 57.7 Å². The average Bonchev–Trinajstić information content (AvgIpc) is 2.62. The molecule has 0 bridgehead atoms. The maximum Gasteiger partial charge on any atom is 0.0744 e. The van der Waals surface area contributed by atoms with E-state index in [-0.39, 0.29) is 5.60 Å². The molecule has 1 aromatic heterocycles. The Kier molecular flexibility index (Phi) is 3.62. The summed E-state index contributed by atoms with van der Waals surface area (Å²) in [4.78, 5) is 2.69. The molecule has 2 heterocycles. The maximum atomic E-state index is 10.7. The highest BCUT2D eigenvalue weighted by molar-refractivity contribution is 7.12. The number of thiophene rings is 1. The van der Waals surface area contributed by atoms with Crippen LogP contribution in [0, 0.1) is 0 Å². The summed E-state index contributed by atoms with van der Waals surface area (Å²) in [5, 5.41) is 10.7. The number of hydrogen-bond donors (Lipinski definition) is 1. The summed E-state index contributed by atoms with van der Waals surface area (Å²) in [7, 11) is 0. The van der Waals surface area contributed by atoms with Gasteiger partial charge in [0, 0.05) is 22.6 Å². The van der Waals surface area contributed by atoms with Crippen LogP contribution < -0.4 is 0 Å². The first-order valence-electron chi connectivity index (χ1n) is 6.36. The number of ether oxygens (including phenoxy) is 1. The van der Waals surface area contributed by atoms with Crippen LogP contribution in [-0.2, 0) is 17.6 Å². The largest absolute Gasteiger partial charge is 0.389 e. The predicted octanol–water partition coefficient (Wildman–Crippen LogP) is 3.17. The first-order valence-corrected chi connectivity index (χ1v) is 7.18. The second-order valence-electron chi connectivity index (χ2n) is 5.66. The zero-order chi connectivity index (χ0) is 12.5. The third-order valence-electron chi connectivity index (χ3n) is 3.38. The van der Waals surface area contributed by atoms with Crippen molar-refractivity contribution in [1.29, 1.82) is 0 Å². The van der Waals surface area contributed by atoms with Crippen molar-refractivity contribution in [1.82, 2.24) is 0 Å². The van der Waals surface area contributed by atoms with Crippen LogP contribution in [0.2, 0.25) is 0 Å². The van der Waals surface area contributed by atoms with E-state index in [0.29, 0.717) is 6.61 Å². The monoisotopic (exact) mass is 254 g/mol. The summed E-state index contributed by atoms with van der Waals surface area (Å²) < 4.78 is 5.67. The Morgan fingerprint density at radius 3 is 2.65 bits per heavy atom. The molecular weight excluding hydrogens is 232 g/mol. The molecule has 2 nitrogen and oxygen atoms in total. The normalized spacial score (nSPS) is 28.2. The quantitative estimate of drug-likeness (QED) is 0.897. The fraction of sp³-hybridized carbons (Fsp3) is 0.714. The van der Waals surface area contributed by atoms with E-state index in [1.165, 1.54) is 9.75 Å². The Bertz CT molecular complexity index is 383. The highest BCUT2D eigenvalue weighted by atomic mass is 32.1. The van der Waals surface area contributed by atoms with Crippen molar-refractivity contribution >= 4 is 11.3 Å². The highest BCUT2D eigenvalue weighted by Crippen LogP contribution is 2.35. The zero-order valence-corrected chi connectivity index (χ0v) is 11.8. The van der Waals surface area contributed by atoms with E-state index in [1.807, 2.05) is 11.3 Å². The van der Waals surface area contributed by atoms with E-state index >= 15 is 0 Å². The standard InChI is InChI=1S/C14H22O2S/c1-4-11-5-6-12(17-11)9-14(15)7-8-16-13(2,3)10-14/h5-6,15H,4,7-10H2,1-3H3. The Morgan fingerprint density at radius 1 is 1.35 bits per heavy atom. The molecule has 0 radical (unpaired) electrons. The van der Waals surface area contributed by atoms with E-state index in [9.17, 15) is 5.11 Å². The summed E-state index contributed by atoms with van der Waals surface area (Å²) in [5.74, 6) is 0. The Hall–Kier alpha value is -0.380. The van der Waals surface area contributed by atoms with E-state index in [0.717, 1.165) is 25.7 Å². The van der Waals surface area contributed by atoms with Crippen LogP contribution in [0.4, 0.5) is 0 Å². The van der Waals surface area contributed by atoms with Crippen molar-refractivity contribution in [3.05, 3.63) is 21.9 Å². The Morgan fingerprint density at radius 2 is 2.06 bits per heavy atom. The number of aryl methyl sites for hydroxylation is 1. The summed E-state index contributed by atoms with van der Waals surface area (Å²) in [5.41, 5.74) is -0.782. The molecule has 3 heteroatoms. The first kappa shape index (κ1) is 13.1. The zero-order valence-electron chi connectivity index (χ0n) is 11.0. The predicted molar refractivity (Wildman–Crippen MR) is 71.6 cm³/mol. The minimum Gasteiger partial charge on any atom is -0.389 e. The second-order valence-corrected chi connectivity index (χ2v) is 6.91. The number of hydrogen-bond acceptors (Lipinski definition) is 3. The fourth-order valence-corrected chi connectivity index (χ4v) is 3.73. The van der Waals surface area contributed by atoms with Gasteiger partial charge in [0.15, 0.2) is 0 Å². The molecule has 1 aliphatic rings. The lowest BCUT2D eigenvalue weighted by atomic mass is 9.82. The van der Waals surface area contributed by atoms with Gasteiger partial charge in [0.2, 0.25) is 0 Å². The van der Waals surface area contributed by atoms with Gasteiger partial charge < -0.3 is 9.84 Å². The fourth-order valence-electron chi connectivity index (χ4n) is 2.63. The minimum atomic E-state index is -0.586. The molecule has 1 saturated heterocycles. The van der Waals surface area contributed by atoms with Gasteiger partial charge in [0.1, 0.15) is 0 Å². The van der Waals surface area contributed by atoms with E-state index in [1.54, 1.807) is 0 Å². The van der Waals surface area contributed by atoms with Gasteiger partial charge >= 0.3 is 0 Å². The molecular formula is C14H22O2S. The smallest absolute Gasteiger partial charge is 0.0744 e. The molecule has 0 amide bonds. The average molecular weight is 254 g/mol. The van der Waals surface area contributed by atoms with Crippen LogP contribution in [0.1, 0.15) is 43.4 Å². The van der Waals surface area contributed by atoms with Crippen LogP contribution >= 0.6 is 11.3 Å². The second kappa shape index (κ2) is 4.71. The van der Waals surface area contributed by atoms with Crippen LogP contribution in [-0.4, -0.2) is 22.9 Å². The minimum absolute atomic E-state index is 0.197. The molecule has 1 aliphatic heterocycles. The number of aliphatic hydroxyl groups is 1. The highest BCUT2D eigenvalue weighted by Gasteiger charge is 2.39. The summed E-state index contributed by atoms with van der Waals surface area (Å²) >= 11 is 1.82. The molecule has 1 unspecified atom stereocenters. The topological polar surface area (TPSA) is 29.5 Å². The van der Waals surface area contributed by atoms with E-state index in [2.05, 4.69) is 32.9 Å². The lowest BCUT2D eigenvalue weighted by Crippen LogP contribution is -2.47. The van der Waals surface area contributed by atoms with Gasteiger partial charge in [0.05, 0.1) is 17.8 Å². The van der Waals surface area contributed by atoms with Gasteiger partial charge in [-0.15, -0.1) is 11.3 Å². The van der Waals surface area contributed by atoms with Gasteiger partial charge in [0.25, 0.3) is 0 Å². The van der Waals surface area contributed by atoms with Gasteiger partial charge in [-0.1, -0.05) is 6.92 Å². The Balaban J connectivity index is 2.06. The van der Waals surface area contributed by atoms with Crippen molar-refractivity contribution in [2.75, 3.05) is 6.61 Å². The molecule has 0 aromatic carbocycles. The van der Waals surface area contributed by atoms with Gasteiger partial charge in [-0.2, -0.15) is 0 Å². The third-order valence-corrected chi connectivity index (χ3v) is 4.61. The third kappa shape index (κ3) is 3.30. The summed E-state index contributed by atoms with van der Waals surface area (Å²) in [6, 6.07) is 4.33. The molecule has 96 valence electrons. The molecule has 1 fully saturated rings. The van der Waals surface area contributed by atoms with Crippen molar-refractivity contribution < 1.29 is 9.84 Å². The molecule has 2 rings (SSSR count). The molecule has 1 atom stereocenters. The first-order chi connectivity index (χ1) is 7.92. The van der Waals surface area contributed by atoms with Crippen LogP contribution in [0.5, 0.6) is 0 Å². The van der Waals surface area contributed by atoms with E-state index < -0.39 is 5.60 Å². The molecule has 0 spiro atoms. The molecule has 17 heavy (non-hydrogen) atoms. The summed E-state index contributed by atoms with van der Waals surface area (Å²) in [6.45, 7) is 6.95. The van der Waals surface area contributed by atoms with Crippen LogP contribution in [0.3, 0.4) is 0 Å². The number of rotatable bonds is 3. The Labute approximate surface area is 108 Å². The summed E-state index contributed by atoms with van der Waals surface area (Å²) in [6.07, 6.45) is 3.32. The van der Waals surface area contributed by atoms with Crippen molar-refractivity contribution in [2.24, 2.45) is 0 Å². The lowest BCUT2D eigenvalue weighted by Gasteiger charge is -2.41. The van der Waals surface area contributed by atoms with E-state index in [4.69, 9.17) is 4.74 Å². The van der Waals surface area contributed by atoms with Gasteiger partial charge in [-0.3, -0.25) is 0 Å². The van der Waals surface area contributed by atoms with Gasteiger partial charge in [-0.05, 0) is 38.8 Å². The SMILES string of the molecule is CCc1ccc(CC2(O)CCOC(C)(C)C2)s1. The van der Waals surface area contributed by atoms with Crippen LogP contribution in [0.25, 0.3) is 0 Å². The molecule has 1 aromatic rings. The lowest BCUT2D eigenvalue weighted by molar-refractivity contribution is -0.143. The van der Waals surface area contributed by atoms with Crippen molar-refractivity contribution in [3.63, 3.8) is 0 Å². The molecule has 1 N–H and O–H groups in total. The maximum absolute atomic E-state index is 10.7. The van der Waals surface area contributed by atoms with Crippen molar-refractivity contribution in [3.8, 4) is 0 Å². The molecule has 0 saturated carbocycles. The van der Waals surface area contributed by atoms with Gasteiger partial charge in [-0.25, -0.2) is 0 Å². The van der Waals surface area contributed by atoms with Crippen LogP contribution in [0.15, 0.2) is 12.1 Å².